The van der Waals surface area contributed by atoms with Crippen molar-refractivity contribution in [2.45, 2.75) is 84.4 Å². The largest absolute Gasteiger partial charge is 0.444 e. The summed E-state index contributed by atoms with van der Waals surface area (Å²) in [6, 6.07) is 2.69. The average Bonchev–Trinajstić information content (AvgIpc) is 3.44. The number of ether oxygens (including phenoxy) is 1. The Balaban J connectivity index is 1.44. The predicted molar refractivity (Wildman–Crippen MR) is 128 cm³/mol. The van der Waals surface area contributed by atoms with Gasteiger partial charge in [-0.25, -0.2) is 4.79 Å². The van der Waals surface area contributed by atoms with E-state index in [1.807, 2.05) is 39.6 Å². The van der Waals surface area contributed by atoms with Gasteiger partial charge in [0.25, 0.3) is 0 Å². The number of piperidine rings is 1. The number of rotatable bonds is 6. The summed E-state index contributed by atoms with van der Waals surface area (Å²) >= 11 is 0. The fraction of sp³-hybridized carbons (Fsp3) is 0.792. The van der Waals surface area contributed by atoms with Gasteiger partial charge in [0.2, 0.25) is 0 Å². The molecule has 2 aliphatic rings. The molecule has 1 N–H and O–H groups in total. The Morgan fingerprint density at radius 3 is 2.53 bits per heavy atom. The number of nitrogens with one attached hydrogen (secondary N) is 1. The summed E-state index contributed by atoms with van der Waals surface area (Å²) in [6.45, 7) is 11.7. The fourth-order valence-electron chi connectivity index (χ4n) is 4.64. The number of guanidine groups is 1. The minimum atomic E-state index is -0.459. The van der Waals surface area contributed by atoms with Crippen LogP contribution >= 0.6 is 0 Å². The van der Waals surface area contributed by atoms with Gasteiger partial charge in [-0.2, -0.15) is 5.10 Å². The Morgan fingerprint density at radius 1 is 1.25 bits per heavy atom. The molecular weight excluding hydrogens is 404 g/mol. The van der Waals surface area contributed by atoms with Gasteiger partial charge in [0, 0.05) is 39.4 Å². The molecule has 0 bridgehead atoms. The second-order valence-electron chi connectivity index (χ2n) is 10.1. The minimum absolute atomic E-state index is 0.211. The highest BCUT2D eigenvalue weighted by atomic mass is 16.6. The molecule has 1 aromatic heterocycles. The van der Waals surface area contributed by atoms with E-state index in [9.17, 15) is 4.79 Å². The molecule has 0 aromatic carbocycles. The minimum Gasteiger partial charge on any atom is -0.444 e. The molecule has 8 nitrogen and oxygen atoms in total. The zero-order chi connectivity index (χ0) is 23.1. The SMILES string of the molecule is CCN(CC1CCN(C(=NC)NCc2ccn(C3CCCC3)n2)CC1)C(=O)OC(C)(C)C. The maximum absolute atomic E-state index is 12.4. The van der Waals surface area contributed by atoms with Crippen molar-refractivity contribution in [3.8, 4) is 0 Å². The van der Waals surface area contributed by atoms with Crippen molar-refractivity contribution in [3.05, 3.63) is 18.0 Å². The highest BCUT2D eigenvalue weighted by Gasteiger charge is 2.27. The number of aliphatic imine (C=N–C) groups is 1. The Labute approximate surface area is 193 Å². The molecule has 2 fully saturated rings. The lowest BCUT2D eigenvalue weighted by Gasteiger charge is -2.36. The van der Waals surface area contributed by atoms with Crippen molar-refractivity contribution in [1.29, 1.82) is 0 Å². The van der Waals surface area contributed by atoms with Crippen LogP contribution in [0.4, 0.5) is 4.79 Å². The smallest absolute Gasteiger partial charge is 0.410 e. The van der Waals surface area contributed by atoms with Gasteiger partial charge in [0.05, 0.1) is 18.3 Å². The third-order valence-corrected chi connectivity index (χ3v) is 6.43. The molecule has 8 heteroatoms. The van der Waals surface area contributed by atoms with E-state index >= 15 is 0 Å². The molecule has 1 amide bonds. The van der Waals surface area contributed by atoms with E-state index in [2.05, 4.69) is 32.2 Å². The van der Waals surface area contributed by atoms with E-state index in [0.717, 1.165) is 44.1 Å². The summed E-state index contributed by atoms with van der Waals surface area (Å²) < 4.78 is 7.70. The molecule has 2 heterocycles. The van der Waals surface area contributed by atoms with Crippen LogP contribution in [-0.2, 0) is 11.3 Å². The van der Waals surface area contributed by atoms with Gasteiger partial charge < -0.3 is 19.9 Å². The van der Waals surface area contributed by atoms with Crippen LogP contribution in [0.1, 0.15) is 78.0 Å². The third-order valence-electron chi connectivity index (χ3n) is 6.43. The summed E-state index contributed by atoms with van der Waals surface area (Å²) in [5, 5.41) is 8.26. The molecule has 1 aliphatic carbocycles. The number of aromatic nitrogens is 2. The first-order valence-corrected chi connectivity index (χ1v) is 12.3. The van der Waals surface area contributed by atoms with Crippen molar-refractivity contribution in [3.63, 3.8) is 0 Å². The molecule has 32 heavy (non-hydrogen) atoms. The van der Waals surface area contributed by atoms with E-state index in [1.54, 1.807) is 0 Å². The number of nitrogens with zero attached hydrogens (tertiary/aromatic N) is 5. The normalized spacial score (nSPS) is 18.8. The average molecular weight is 447 g/mol. The molecule has 0 radical (unpaired) electrons. The van der Waals surface area contributed by atoms with Crippen LogP contribution in [0.25, 0.3) is 0 Å². The van der Waals surface area contributed by atoms with Gasteiger partial charge >= 0.3 is 6.09 Å². The van der Waals surface area contributed by atoms with Gasteiger partial charge in [0.15, 0.2) is 5.96 Å². The van der Waals surface area contributed by atoms with Crippen LogP contribution in [0, 0.1) is 5.92 Å². The Hall–Kier alpha value is -2.25. The first-order chi connectivity index (χ1) is 15.3. The monoisotopic (exact) mass is 446 g/mol. The van der Waals surface area contributed by atoms with Gasteiger partial charge in [0.1, 0.15) is 5.60 Å². The number of carbonyl (C=O) groups is 1. The summed E-state index contributed by atoms with van der Waals surface area (Å²) in [5.74, 6) is 1.41. The van der Waals surface area contributed by atoms with E-state index in [1.165, 1.54) is 25.7 Å². The molecule has 180 valence electrons. The standard InChI is InChI=1S/C24H42N6O2/c1-6-28(23(31)32-24(2,3)4)18-19-11-14-29(15-12-19)22(25-5)26-17-20-13-16-30(27-20)21-9-7-8-10-21/h13,16,19,21H,6-12,14-15,17-18H2,1-5H3,(H,25,26). The quantitative estimate of drug-likeness (QED) is 0.527. The molecule has 0 unspecified atom stereocenters. The molecule has 1 aliphatic heterocycles. The van der Waals surface area contributed by atoms with E-state index in [4.69, 9.17) is 9.84 Å². The lowest BCUT2D eigenvalue weighted by atomic mass is 9.96. The van der Waals surface area contributed by atoms with Gasteiger partial charge in [-0.1, -0.05) is 12.8 Å². The zero-order valence-corrected chi connectivity index (χ0v) is 20.6. The molecule has 1 aromatic rings. The van der Waals surface area contributed by atoms with Crippen LogP contribution in [0.5, 0.6) is 0 Å². The third kappa shape index (κ3) is 6.87. The van der Waals surface area contributed by atoms with Crippen molar-refractivity contribution >= 4 is 12.1 Å². The maximum atomic E-state index is 12.4. The lowest BCUT2D eigenvalue weighted by Crippen LogP contribution is -2.47. The maximum Gasteiger partial charge on any atom is 0.410 e. The number of hydrogen-bond acceptors (Lipinski definition) is 4. The van der Waals surface area contributed by atoms with Crippen LogP contribution in [0.15, 0.2) is 17.3 Å². The number of likely N-dealkylation sites (tertiary alicyclic amines) is 1. The van der Waals surface area contributed by atoms with E-state index in [0.29, 0.717) is 25.0 Å². The van der Waals surface area contributed by atoms with Gasteiger partial charge in [-0.15, -0.1) is 0 Å². The summed E-state index contributed by atoms with van der Waals surface area (Å²) in [4.78, 5) is 21.1. The van der Waals surface area contributed by atoms with Crippen LogP contribution < -0.4 is 5.32 Å². The molecule has 3 rings (SSSR count). The van der Waals surface area contributed by atoms with Crippen molar-refractivity contribution in [2.24, 2.45) is 10.9 Å². The number of amides is 1. The zero-order valence-electron chi connectivity index (χ0n) is 20.6. The number of carbonyl (C=O) groups excluding carboxylic acids is 1. The van der Waals surface area contributed by atoms with Crippen molar-refractivity contribution < 1.29 is 9.53 Å². The van der Waals surface area contributed by atoms with Gasteiger partial charge in [-0.05, 0) is 65.4 Å². The van der Waals surface area contributed by atoms with Crippen LogP contribution in [-0.4, -0.2) is 70.5 Å². The molecular formula is C24H42N6O2. The van der Waals surface area contributed by atoms with E-state index < -0.39 is 5.60 Å². The molecule has 1 saturated carbocycles. The molecule has 1 saturated heterocycles. The molecule has 0 atom stereocenters. The lowest BCUT2D eigenvalue weighted by molar-refractivity contribution is 0.0214. The Bertz CT molecular complexity index is 755. The second-order valence-corrected chi connectivity index (χ2v) is 10.1. The molecule has 0 spiro atoms. The van der Waals surface area contributed by atoms with Crippen LogP contribution in [0.3, 0.4) is 0 Å². The van der Waals surface area contributed by atoms with Crippen molar-refractivity contribution in [2.75, 3.05) is 33.2 Å². The second kappa shape index (κ2) is 11.1. The highest BCUT2D eigenvalue weighted by molar-refractivity contribution is 5.79. The first kappa shape index (κ1) is 24.4. The number of hydrogen-bond donors (Lipinski definition) is 1. The van der Waals surface area contributed by atoms with E-state index in [-0.39, 0.29) is 6.09 Å². The summed E-state index contributed by atoms with van der Waals surface area (Å²) in [6.07, 6.45) is 9.10. The Morgan fingerprint density at radius 2 is 1.94 bits per heavy atom. The van der Waals surface area contributed by atoms with Crippen molar-refractivity contribution in [1.82, 2.24) is 24.9 Å². The highest BCUT2D eigenvalue weighted by Crippen LogP contribution is 2.28. The topological polar surface area (TPSA) is 75.0 Å². The van der Waals surface area contributed by atoms with Crippen LogP contribution in [0.2, 0.25) is 0 Å². The summed E-state index contributed by atoms with van der Waals surface area (Å²) in [5.41, 5.74) is 0.600. The predicted octanol–water partition coefficient (Wildman–Crippen LogP) is 4.04. The fourth-order valence-corrected chi connectivity index (χ4v) is 4.64. The summed E-state index contributed by atoms with van der Waals surface area (Å²) in [7, 11) is 1.84. The first-order valence-electron chi connectivity index (χ1n) is 12.3. The Kier molecular flexibility index (Phi) is 8.43. The van der Waals surface area contributed by atoms with Gasteiger partial charge in [-0.3, -0.25) is 9.67 Å².